The van der Waals surface area contributed by atoms with Gasteiger partial charge in [-0.25, -0.2) is 0 Å². The molecule has 0 saturated carbocycles. The number of hydrogen-bond donors (Lipinski definition) is 3. The number of hydrogen-bond acceptors (Lipinski definition) is 3. The van der Waals surface area contributed by atoms with Gasteiger partial charge in [0.05, 0.1) is 5.54 Å². The van der Waals surface area contributed by atoms with Gasteiger partial charge >= 0.3 is 0 Å². The second-order valence-electron chi connectivity index (χ2n) is 4.83. The maximum atomic E-state index is 11.9. The van der Waals surface area contributed by atoms with Gasteiger partial charge in [-0.15, -0.1) is 0 Å². The van der Waals surface area contributed by atoms with Crippen molar-refractivity contribution in [2.24, 2.45) is 0 Å². The highest BCUT2D eigenvalue weighted by atomic mass is 16.2. The molecule has 5 nitrogen and oxygen atoms in total. The van der Waals surface area contributed by atoms with Crippen LogP contribution in [0.25, 0.3) is 0 Å². The Morgan fingerprint density at radius 1 is 1.11 bits per heavy atom. The predicted molar refractivity (Wildman–Crippen MR) is 74.8 cm³/mol. The number of nitrogens with one attached hydrogen (secondary N) is 3. The van der Waals surface area contributed by atoms with Crippen molar-refractivity contribution in [2.45, 2.75) is 25.9 Å². The normalized spacial score (nSPS) is 10.9. The zero-order valence-electron chi connectivity index (χ0n) is 11.8. The molecule has 0 aliphatic heterocycles. The average Bonchev–Trinajstić information content (AvgIpc) is 2.44. The lowest BCUT2D eigenvalue weighted by Gasteiger charge is -2.22. The van der Waals surface area contributed by atoms with E-state index in [1.165, 1.54) is 0 Å². The number of rotatable bonds is 5. The summed E-state index contributed by atoms with van der Waals surface area (Å²) in [6, 6.07) is 7.14. The van der Waals surface area contributed by atoms with Crippen molar-refractivity contribution in [1.82, 2.24) is 16.0 Å². The highest BCUT2D eigenvalue weighted by Gasteiger charge is 2.24. The van der Waals surface area contributed by atoms with Gasteiger partial charge < -0.3 is 16.0 Å². The van der Waals surface area contributed by atoms with Crippen LogP contribution in [-0.2, 0) is 11.3 Å². The Morgan fingerprint density at radius 3 is 2.16 bits per heavy atom. The van der Waals surface area contributed by atoms with E-state index in [2.05, 4.69) is 16.0 Å². The molecule has 1 aromatic carbocycles. The zero-order chi connectivity index (χ0) is 14.5. The summed E-state index contributed by atoms with van der Waals surface area (Å²) in [6.07, 6.45) is 0. The first-order valence-corrected chi connectivity index (χ1v) is 6.19. The molecule has 104 valence electrons. The molecule has 0 bridgehead atoms. The quantitative estimate of drug-likeness (QED) is 0.731. The molecule has 0 radical (unpaired) electrons. The van der Waals surface area contributed by atoms with Crippen LogP contribution >= 0.6 is 0 Å². The van der Waals surface area contributed by atoms with E-state index in [1.54, 1.807) is 26.2 Å². The molecular weight excluding hydrogens is 242 g/mol. The third kappa shape index (κ3) is 4.06. The molecule has 0 atom stereocenters. The summed E-state index contributed by atoms with van der Waals surface area (Å²) in [5, 5.41) is 8.36. The maximum absolute atomic E-state index is 11.9. The number of benzene rings is 1. The summed E-state index contributed by atoms with van der Waals surface area (Å²) in [5.41, 5.74) is 0.961. The third-order valence-electron chi connectivity index (χ3n) is 3.09. The summed E-state index contributed by atoms with van der Waals surface area (Å²) in [5.74, 6) is -0.183. The molecular formula is C14H21N3O2. The molecule has 1 aromatic rings. The van der Waals surface area contributed by atoms with Crippen LogP contribution in [0.15, 0.2) is 24.3 Å². The van der Waals surface area contributed by atoms with Crippen molar-refractivity contribution in [2.75, 3.05) is 14.1 Å². The Hall–Kier alpha value is -1.88. The highest BCUT2D eigenvalue weighted by Crippen LogP contribution is 2.06. The van der Waals surface area contributed by atoms with Gasteiger partial charge in [-0.1, -0.05) is 12.1 Å². The second-order valence-corrected chi connectivity index (χ2v) is 4.83. The van der Waals surface area contributed by atoms with Gasteiger partial charge in [-0.3, -0.25) is 9.59 Å². The molecule has 2 amide bonds. The fourth-order valence-corrected chi connectivity index (χ4v) is 1.44. The lowest BCUT2D eigenvalue weighted by molar-refractivity contribution is -0.126. The zero-order valence-corrected chi connectivity index (χ0v) is 11.8. The van der Waals surface area contributed by atoms with E-state index < -0.39 is 5.54 Å². The first-order chi connectivity index (χ1) is 8.90. The van der Waals surface area contributed by atoms with Crippen molar-refractivity contribution in [3.8, 4) is 0 Å². The molecule has 0 spiro atoms. The van der Waals surface area contributed by atoms with E-state index in [-0.39, 0.29) is 11.8 Å². The minimum absolute atomic E-state index is 0.0645. The van der Waals surface area contributed by atoms with Gasteiger partial charge in [0.15, 0.2) is 0 Å². The third-order valence-corrected chi connectivity index (χ3v) is 3.09. The molecule has 3 N–H and O–H groups in total. The summed E-state index contributed by atoms with van der Waals surface area (Å²) < 4.78 is 0. The van der Waals surface area contributed by atoms with Crippen LogP contribution in [0.5, 0.6) is 0 Å². The van der Waals surface area contributed by atoms with Gasteiger partial charge in [-0.05, 0) is 38.6 Å². The molecule has 0 unspecified atom stereocenters. The van der Waals surface area contributed by atoms with Crippen molar-refractivity contribution < 1.29 is 9.59 Å². The van der Waals surface area contributed by atoms with E-state index in [0.29, 0.717) is 12.1 Å². The lowest BCUT2D eigenvalue weighted by Crippen LogP contribution is -2.50. The first kappa shape index (κ1) is 15.2. The highest BCUT2D eigenvalue weighted by molar-refractivity contribution is 5.94. The summed E-state index contributed by atoms with van der Waals surface area (Å²) in [4.78, 5) is 23.2. The Labute approximate surface area is 113 Å². The molecule has 0 saturated heterocycles. The van der Waals surface area contributed by atoms with Gasteiger partial charge in [0.1, 0.15) is 0 Å². The van der Waals surface area contributed by atoms with E-state index in [9.17, 15) is 9.59 Å². The average molecular weight is 263 g/mol. The monoisotopic (exact) mass is 263 g/mol. The minimum Gasteiger partial charge on any atom is -0.355 e. The fraction of sp³-hybridized carbons (Fsp3) is 0.429. The van der Waals surface area contributed by atoms with E-state index in [1.807, 2.05) is 26.0 Å². The molecule has 0 aliphatic rings. The van der Waals surface area contributed by atoms with Crippen molar-refractivity contribution in [3.05, 3.63) is 35.4 Å². The Kier molecular flexibility index (Phi) is 5.06. The van der Waals surface area contributed by atoms with Crippen LogP contribution < -0.4 is 16.0 Å². The number of carbonyl (C=O) groups excluding carboxylic acids is 2. The van der Waals surface area contributed by atoms with Gasteiger partial charge in [-0.2, -0.15) is 0 Å². The number of likely N-dealkylation sites (N-methyl/N-ethyl adjacent to an activating group) is 1. The molecule has 0 heterocycles. The van der Waals surface area contributed by atoms with Crippen molar-refractivity contribution in [3.63, 3.8) is 0 Å². The van der Waals surface area contributed by atoms with Crippen molar-refractivity contribution in [1.29, 1.82) is 0 Å². The SMILES string of the molecule is CNC(=O)c1ccc(CNC(=O)C(C)(C)NC)cc1. The van der Waals surface area contributed by atoms with Crippen LogP contribution in [0, 0.1) is 0 Å². The van der Waals surface area contributed by atoms with Gasteiger partial charge in [0, 0.05) is 19.2 Å². The van der Waals surface area contributed by atoms with Crippen LogP contribution in [0.3, 0.4) is 0 Å². The fourth-order valence-electron chi connectivity index (χ4n) is 1.44. The summed E-state index contributed by atoms with van der Waals surface area (Å²) in [7, 11) is 3.34. The van der Waals surface area contributed by atoms with E-state index in [0.717, 1.165) is 5.56 Å². The lowest BCUT2D eigenvalue weighted by atomic mass is 10.0. The Morgan fingerprint density at radius 2 is 1.68 bits per heavy atom. The molecule has 19 heavy (non-hydrogen) atoms. The summed E-state index contributed by atoms with van der Waals surface area (Å²) >= 11 is 0. The smallest absolute Gasteiger partial charge is 0.251 e. The number of carbonyl (C=O) groups is 2. The molecule has 1 rings (SSSR count). The Balaban J connectivity index is 2.60. The largest absolute Gasteiger partial charge is 0.355 e. The minimum atomic E-state index is -0.595. The number of amides is 2. The van der Waals surface area contributed by atoms with Crippen molar-refractivity contribution >= 4 is 11.8 Å². The summed E-state index contributed by atoms with van der Waals surface area (Å²) in [6.45, 7) is 4.08. The van der Waals surface area contributed by atoms with Crippen LogP contribution in [-0.4, -0.2) is 31.4 Å². The Bertz CT molecular complexity index is 452. The predicted octanol–water partition coefficient (Wildman–Crippen LogP) is 0.660. The van der Waals surface area contributed by atoms with E-state index >= 15 is 0 Å². The molecule has 0 fully saturated rings. The molecule has 5 heteroatoms. The van der Waals surface area contributed by atoms with Gasteiger partial charge in [0.25, 0.3) is 5.91 Å². The standard InChI is InChI=1S/C14H21N3O2/c1-14(2,16-4)13(19)17-9-10-5-7-11(8-6-10)12(18)15-3/h5-8,16H,9H2,1-4H3,(H,15,18)(H,17,19). The topological polar surface area (TPSA) is 70.2 Å². The molecule has 0 aromatic heterocycles. The second kappa shape index (κ2) is 6.33. The van der Waals surface area contributed by atoms with Gasteiger partial charge in [0.2, 0.25) is 5.91 Å². The van der Waals surface area contributed by atoms with E-state index in [4.69, 9.17) is 0 Å². The maximum Gasteiger partial charge on any atom is 0.251 e. The van der Waals surface area contributed by atoms with Crippen LogP contribution in [0.2, 0.25) is 0 Å². The van der Waals surface area contributed by atoms with Crippen LogP contribution in [0.1, 0.15) is 29.8 Å². The first-order valence-electron chi connectivity index (χ1n) is 6.19. The molecule has 0 aliphatic carbocycles. The van der Waals surface area contributed by atoms with Crippen LogP contribution in [0.4, 0.5) is 0 Å².